The fraction of sp³-hybridized carbons (Fsp3) is 0.455. The van der Waals surface area contributed by atoms with Gasteiger partial charge in [-0.2, -0.15) is 0 Å². The Morgan fingerprint density at radius 2 is 1.93 bits per heavy atom. The number of nitrogens with two attached hydrogens (primary N) is 1. The van der Waals surface area contributed by atoms with Gasteiger partial charge in [0.15, 0.2) is 9.84 Å². The summed E-state index contributed by atoms with van der Waals surface area (Å²) in [6.45, 7) is 4.19. The predicted molar refractivity (Wildman–Crippen MR) is 113 cm³/mol. The van der Waals surface area contributed by atoms with Crippen LogP contribution >= 0.6 is 0 Å². The summed E-state index contributed by atoms with van der Waals surface area (Å²) in [5.41, 5.74) is 7.66. The van der Waals surface area contributed by atoms with Crippen LogP contribution in [0.3, 0.4) is 0 Å². The van der Waals surface area contributed by atoms with Gasteiger partial charge in [-0.3, -0.25) is 5.32 Å². The van der Waals surface area contributed by atoms with Crippen LogP contribution in [0.25, 0.3) is 0 Å². The quantitative estimate of drug-likeness (QED) is 0.712. The molecule has 1 aliphatic heterocycles. The number of nitrogen functional groups attached to an aromatic ring is 1. The molecule has 1 aliphatic rings. The van der Waals surface area contributed by atoms with Gasteiger partial charge in [-0.1, -0.05) is 57.0 Å². The van der Waals surface area contributed by atoms with E-state index in [0.717, 1.165) is 31.2 Å². The summed E-state index contributed by atoms with van der Waals surface area (Å²) in [4.78, 5) is 0.305. The largest absolute Gasteiger partial charge is 0.495 e. The van der Waals surface area contributed by atoms with E-state index in [9.17, 15) is 8.42 Å². The molecule has 0 spiro atoms. The number of sulfone groups is 1. The van der Waals surface area contributed by atoms with E-state index < -0.39 is 15.4 Å². The molecule has 3 rings (SSSR count). The number of rotatable bonds is 6. The smallest absolute Gasteiger partial charge is 0.180 e. The monoisotopic (exact) mass is 402 g/mol. The lowest BCUT2D eigenvalue weighted by Gasteiger charge is -2.36. The molecule has 0 aromatic heterocycles. The van der Waals surface area contributed by atoms with Crippen molar-refractivity contribution in [3.63, 3.8) is 0 Å². The van der Waals surface area contributed by atoms with Gasteiger partial charge in [-0.05, 0) is 36.1 Å². The molecule has 1 heterocycles. The minimum atomic E-state index is -3.52. The normalized spacial score (nSPS) is 23.6. The molecule has 3 N–H and O–H groups in total. The Kier molecular flexibility index (Phi) is 6.01. The number of ether oxygens (including phenoxy) is 1. The summed E-state index contributed by atoms with van der Waals surface area (Å²) in [5.74, 6) is 0.563. The molecule has 6 heteroatoms. The molecule has 2 atom stereocenters. The number of methoxy groups -OCH3 is 1. The molecular formula is C22H30N2O3S. The molecule has 0 fully saturated rings. The van der Waals surface area contributed by atoms with Crippen LogP contribution in [0.5, 0.6) is 5.75 Å². The molecule has 0 saturated heterocycles. The summed E-state index contributed by atoms with van der Waals surface area (Å²) in [5, 5.41) is 3.74. The van der Waals surface area contributed by atoms with Crippen LogP contribution in [-0.2, 0) is 9.84 Å². The third-order valence-electron chi connectivity index (χ3n) is 5.74. The summed E-state index contributed by atoms with van der Waals surface area (Å²) in [6, 6.07) is 13.1. The van der Waals surface area contributed by atoms with Crippen molar-refractivity contribution in [2.45, 2.75) is 56.0 Å². The topological polar surface area (TPSA) is 81.4 Å². The number of unbranched alkanes of at least 4 members (excludes halogenated alkanes) is 1. The number of anilines is 1. The van der Waals surface area contributed by atoms with Crippen molar-refractivity contribution in [1.82, 2.24) is 5.32 Å². The van der Waals surface area contributed by atoms with Crippen LogP contribution in [0.1, 0.15) is 56.7 Å². The Morgan fingerprint density at radius 1 is 1.21 bits per heavy atom. The Hall–Kier alpha value is -2.05. The van der Waals surface area contributed by atoms with Crippen LogP contribution in [0.4, 0.5) is 5.69 Å². The number of hydrogen-bond acceptors (Lipinski definition) is 5. The number of hydrogen-bond donors (Lipinski definition) is 2. The zero-order chi connectivity index (χ0) is 20.4. The summed E-state index contributed by atoms with van der Waals surface area (Å²) in [6.07, 6.45) is 3.53. The molecular weight excluding hydrogens is 372 g/mol. The molecule has 152 valence electrons. The van der Waals surface area contributed by atoms with Crippen molar-refractivity contribution < 1.29 is 13.2 Å². The van der Waals surface area contributed by atoms with Crippen molar-refractivity contribution in [2.24, 2.45) is 0 Å². The van der Waals surface area contributed by atoms with Gasteiger partial charge in [0.05, 0.1) is 29.5 Å². The summed E-state index contributed by atoms with van der Waals surface area (Å²) >= 11 is 0. The van der Waals surface area contributed by atoms with E-state index in [-0.39, 0.29) is 11.8 Å². The first-order valence-corrected chi connectivity index (χ1v) is 11.5. The van der Waals surface area contributed by atoms with Crippen LogP contribution in [0.2, 0.25) is 0 Å². The van der Waals surface area contributed by atoms with Crippen LogP contribution in [0.15, 0.2) is 47.4 Å². The molecule has 2 aromatic rings. The highest BCUT2D eigenvalue weighted by Crippen LogP contribution is 2.41. The Morgan fingerprint density at radius 3 is 2.54 bits per heavy atom. The molecule has 0 unspecified atom stereocenters. The summed E-state index contributed by atoms with van der Waals surface area (Å²) in [7, 11) is -1.97. The fourth-order valence-corrected chi connectivity index (χ4v) is 6.24. The van der Waals surface area contributed by atoms with Crippen LogP contribution < -0.4 is 15.8 Å². The molecule has 5 nitrogen and oxygen atoms in total. The minimum absolute atomic E-state index is 0.0681. The van der Waals surface area contributed by atoms with Gasteiger partial charge in [-0.15, -0.1) is 0 Å². The number of benzene rings is 2. The molecule has 0 saturated carbocycles. The van der Waals surface area contributed by atoms with Gasteiger partial charge in [0, 0.05) is 5.54 Å². The molecule has 0 bridgehead atoms. The van der Waals surface area contributed by atoms with Gasteiger partial charge < -0.3 is 10.5 Å². The van der Waals surface area contributed by atoms with Crippen LogP contribution in [-0.4, -0.2) is 26.8 Å². The van der Waals surface area contributed by atoms with E-state index in [1.165, 1.54) is 0 Å². The first-order valence-electron chi connectivity index (χ1n) is 9.88. The van der Waals surface area contributed by atoms with Gasteiger partial charge in [0.1, 0.15) is 5.75 Å². The van der Waals surface area contributed by atoms with Gasteiger partial charge in [-0.25, -0.2) is 8.42 Å². The van der Waals surface area contributed by atoms with Crippen LogP contribution in [0, 0.1) is 0 Å². The fourth-order valence-electron chi connectivity index (χ4n) is 4.08. The second-order valence-corrected chi connectivity index (χ2v) is 9.57. The van der Waals surface area contributed by atoms with Crippen molar-refractivity contribution in [1.29, 1.82) is 0 Å². The third-order valence-corrected chi connectivity index (χ3v) is 7.70. The number of nitrogens with one attached hydrogen (secondary N) is 1. The molecule has 0 radical (unpaired) electrons. The van der Waals surface area contributed by atoms with Crippen molar-refractivity contribution in [2.75, 3.05) is 18.6 Å². The average Bonchev–Trinajstić information content (AvgIpc) is 2.79. The van der Waals surface area contributed by atoms with E-state index in [4.69, 9.17) is 10.5 Å². The highest BCUT2D eigenvalue weighted by Gasteiger charge is 2.42. The van der Waals surface area contributed by atoms with Gasteiger partial charge in [0.2, 0.25) is 0 Å². The maximum atomic E-state index is 13.4. The van der Waals surface area contributed by atoms with Gasteiger partial charge in [0.25, 0.3) is 0 Å². The Labute approximate surface area is 168 Å². The predicted octanol–water partition coefficient (Wildman–Crippen LogP) is 4.08. The maximum absolute atomic E-state index is 13.4. The van der Waals surface area contributed by atoms with E-state index >= 15 is 0 Å². The first kappa shape index (κ1) is 20.7. The molecule has 0 aliphatic carbocycles. The Bertz CT molecular complexity index is 928. The zero-order valence-electron chi connectivity index (χ0n) is 16.9. The van der Waals surface area contributed by atoms with E-state index in [0.29, 0.717) is 21.9 Å². The zero-order valence-corrected chi connectivity index (χ0v) is 17.7. The second-order valence-electron chi connectivity index (χ2n) is 7.62. The van der Waals surface area contributed by atoms with Gasteiger partial charge >= 0.3 is 0 Å². The van der Waals surface area contributed by atoms with Crippen molar-refractivity contribution >= 4 is 15.5 Å². The standard InChI is InChI=1S/C22H30N2O3S/c1-4-6-12-22(5-2)15-28(25,26)20-14-18(23)19(27-3)13-17(20)21(24-22)16-10-8-7-9-11-16/h7-11,13-14,21,24H,4-6,12,15,23H2,1-3H3/t21-,22-/m1/s1. The minimum Gasteiger partial charge on any atom is -0.495 e. The average molecular weight is 403 g/mol. The lowest BCUT2D eigenvalue weighted by atomic mass is 9.88. The third kappa shape index (κ3) is 3.89. The SMILES string of the molecule is CCCC[C@]1(CC)CS(=O)(=O)c2cc(N)c(OC)cc2[C@@H](c2ccccc2)N1. The van der Waals surface area contributed by atoms with E-state index in [1.54, 1.807) is 19.2 Å². The van der Waals surface area contributed by atoms with E-state index in [2.05, 4.69) is 19.2 Å². The first-order chi connectivity index (χ1) is 13.4. The molecule has 2 aromatic carbocycles. The highest BCUT2D eigenvalue weighted by atomic mass is 32.2. The van der Waals surface area contributed by atoms with E-state index in [1.807, 2.05) is 30.3 Å². The lowest BCUT2D eigenvalue weighted by Crippen LogP contribution is -2.50. The highest BCUT2D eigenvalue weighted by molar-refractivity contribution is 7.91. The Balaban J connectivity index is 2.25. The second kappa shape index (κ2) is 8.13. The number of fused-ring (bicyclic) bond motifs is 1. The van der Waals surface area contributed by atoms with Crippen molar-refractivity contribution in [3.8, 4) is 5.75 Å². The maximum Gasteiger partial charge on any atom is 0.180 e. The van der Waals surface area contributed by atoms with Crippen molar-refractivity contribution in [3.05, 3.63) is 53.6 Å². The molecule has 28 heavy (non-hydrogen) atoms. The molecule has 0 amide bonds. The summed E-state index contributed by atoms with van der Waals surface area (Å²) < 4.78 is 32.2. The lowest BCUT2D eigenvalue weighted by molar-refractivity contribution is 0.294.